The van der Waals surface area contributed by atoms with Gasteiger partial charge in [-0.15, -0.1) is 0 Å². The van der Waals surface area contributed by atoms with Gasteiger partial charge in [0.1, 0.15) is 5.69 Å². The Hall–Kier alpha value is -2.36. The van der Waals surface area contributed by atoms with E-state index >= 15 is 0 Å². The quantitative estimate of drug-likeness (QED) is 0.927. The van der Waals surface area contributed by atoms with E-state index in [1.165, 1.54) is 5.56 Å². The monoisotopic (exact) mass is 269 g/mol. The van der Waals surface area contributed by atoms with Crippen molar-refractivity contribution >= 4 is 17.3 Å². The van der Waals surface area contributed by atoms with Crippen LogP contribution in [-0.4, -0.2) is 24.5 Å². The summed E-state index contributed by atoms with van der Waals surface area (Å²) in [5, 5.41) is 3.15. The minimum atomic E-state index is -0.114. The molecule has 104 valence electrons. The number of rotatable bonds is 4. The molecule has 0 saturated heterocycles. The molecule has 0 fully saturated rings. The van der Waals surface area contributed by atoms with Crippen LogP contribution in [0.2, 0.25) is 0 Å². The number of nitrogens with zero attached hydrogens (tertiary/aromatic N) is 2. The number of pyridine rings is 1. The molecule has 4 heteroatoms. The van der Waals surface area contributed by atoms with Gasteiger partial charge in [0.25, 0.3) is 5.91 Å². The van der Waals surface area contributed by atoms with Crippen molar-refractivity contribution in [1.82, 2.24) is 4.98 Å². The average Bonchev–Trinajstić information content (AvgIpc) is 2.48. The lowest BCUT2D eigenvalue weighted by Crippen LogP contribution is -2.27. The number of aryl methyl sites for hydroxylation is 1. The molecule has 0 aliphatic carbocycles. The van der Waals surface area contributed by atoms with Crippen molar-refractivity contribution in [3.8, 4) is 0 Å². The first-order valence-electron chi connectivity index (χ1n) is 6.66. The van der Waals surface area contributed by atoms with Gasteiger partial charge in [0.2, 0.25) is 0 Å². The second-order valence-electron chi connectivity index (χ2n) is 4.66. The Kier molecular flexibility index (Phi) is 4.35. The molecule has 0 saturated carbocycles. The van der Waals surface area contributed by atoms with Crippen LogP contribution in [0.5, 0.6) is 0 Å². The smallest absolute Gasteiger partial charge is 0.276 e. The number of carbonyl (C=O) groups excluding carboxylic acids is 1. The number of amides is 1. The summed E-state index contributed by atoms with van der Waals surface area (Å²) in [6, 6.07) is 11.4. The third-order valence-corrected chi connectivity index (χ3v) is 3.09. The molecule has 0 unspecified atom stereocenters. The molecular formula is C16H19N3O. The van der Waals surface area contributed by atoms with Gasteiger partial charge in [0.15, 0.2) is 0 Å². The number of hydrogen-bond donors (Lipinski definition) is 1. The molecule has 1 heterocycles. The van der Waals surface area contributed by atoms with E-state index in [1.807, 2.05) is 44.2 Å². The number of carbonyl (C=O) groups is 1. The summed E-state index contributed by atoms with van der Waals surface area (Å²) < 4.78 is 0. The van der Waals surface area contributed by atoms with E-state index in [1.54, 1.807) is 24.2 Å². The summed E-state index contributed by atoms with van der Waals surface area (Å²) in [5.74, 6) is -0.114. The summed E-state index contributed by atoms with van der Waals surface area (Å²) in [6.45, 7) is 4.87. The molecule has 0 aliphatic heterocycles. The lowest BCUT2D eigenvalue weighted by molar-refractivity contribution is 0.0988. The van der Waals surface area contributed by atoms with Crippen LogP contribution in [0.3, 0.4) is 0 Å². The van der Waals surface area contributed by atoms with E-state index < -0.39 is 0 Å². The Labute approximate surface area is 119 Å². The molecule has 0 atom stereocenters. The van der Waals surface area contributed by atoms with Crippen molar-refractivity contribution in [3.05, 3.63) is 53.9 Å². The van der Waals surface area contributed by atoms with Gasteiger partial charge < -0.3 is 10.2 Å². The minimum absolute atomic E-state index is 0.114. The molecule has 0 radical (unpaired) electrons. The Morgan fingerprint density at radius 3 is 2.45 bits per heavy atom. The number of hydrogen-bond acceptors (Lipinski definition) is 3. The van der Waals surface area contributed by atoms with Crippen LogP contribution in [0.1, 0.15) is 23.0 Å². The zero-order valence-corrected chi connectivity index (χ0v) is 12.1. The molecule has 0 aliphatic rings. The number of nitrogens with one attached hydrogen (secondary N) is 1. The highest BCUT2D eigenvalue weighted by atomic mass is 16.2. The molecule has 2 aromatic rings. The normalized spacial score (nSPS) is 10.2. The fourth-order valence-corrected chi connectivity index (χ4v) is 1.89. The van der Waals surface area contributed by atoms with Crippen LogP contribution in [0.25, 0.3) is 0 Å². The third kappa shape index (κ3) is 3.15. The zero-order chi connectivity index (χ0) is 14.5. The maximum absolute atomic E-state index is 12.3. The SMILES string of the molecule is CCNc1ccc(C(=O)N(C)c2ccc(C)cc2)nc1. The van der Waals surface area contributed by atoms with Crippen molar-refractivity contribution in [3.63, 3.8) is 0 Å². The Morgan fingerprint density at radius 1 is 1.20 bits per heavy atom. The van der Waals surface area contributed by atoms with Gasteiger partial charge in [-0.1, -0.05) is 17.7 Å². The molecule has 0 spiro atoms. The molecule has 2 rings (SSSR count). The predicted molar refractivity (Wildman–Crippen MR) is 82.3 cm³/mol. The molecule has 20 heavy (non-hydrogen) atoms. The molecule has 1 aromatic heterocycles. The van der Waals surface area contributed by atoms with E-state index in [-0.39, 0.29) is 5.91 Å². The maximum atomic E-state index is 12.3. The summed E-state index contributed by atoms with van der Waals surface area (Å²) in [5.41, 5.74) is 3.39. The lowest BCUT2D eigenvalue weighted by atomic mass is 10.2. The summed E-state index contributed by atoms with van der Waals surface area (Å²) >= 11 is 0. The van der Waals surface area contributed by atoms with Crippen LogP contribution in [0, 0.1) is 6.92 Å². The standard InChI is InChI=1S/C16H19N3O/c1-4-17-13-7-10-15(18-11-13)16(20)19(3)14-8-5-12(2)6-9-14/h5-11,17H,4H2,1-3H3. The van der Waals surface area contributed by atoms with Crippen LogP contribution >= 0.6 is 0 Å². The first-order valence-corrected chi connectivity index (χ1v) is 6.66. The summed E-state index contributed by atoms with van der Waals surface area (Å²) in [6.07, 6.45) is 1.68. The van der Waals surface area contributed by atoms with Crippen molar-refractivity contribution in [2.45, 2.75) is 13.8 Å². The van der Waals surface area contributed by atoms with Gasteiger partial charge >= 0.3 is 0 Å². The Morgan fingerprint density at radius 2 is 1.90 bits per heavy atom. The van der Waals surface area contributed by atoms with Crippen molar-refractivity contribution < 1.29 is 4.79 Å². The molecular weight excluding hydrogens is 250 g/mol. The van der Waals surface area contributed by atoms with Crippen molar-refractivity contribution in [2.75, 3.05) is 23.8 Å². The first kappa shape index (κ1) is 14.1. The average molecular weight is 269 g/mol. The maximum Gasteiger partial charge on any atom is 0.276 e. The number of anilines is 2. The summed E-state index contributed by atoms with van der Waals surface area (Å²) in [7, 11) is 1.76. The van der Waals surface area contributed by atoms with Gasteiger partial charge in [0.05, 0.1) is 11.9 Å². The fourth-order valence-electron chi connectivity index (χ4n) is 1.89. The second-order valence-corrected chi connectivity index (χ2v) is 4.66. The molecule has 1 N–H and O–H groups in total. The van der Waals surface area contributed by atoms with Gasteiger partial charge in [-0.05, 0) is 38.1 Å². The van der Waals surface area contributed by atoms with E-state index in [0.29, 0.717) is 5.69 Å². The fraction of sp³-hybridized carbons (Fsp3) is 0.250. The lowest BCUT2D eigenvalue weighted by Gasteiger charge is -2.17. The van der Waals surface area contributed by atoms with Crippen LogP contribution in [0.4, 0.5) is 11.4 Å². The van der Waals surface area contributed by atoms with Crippen molar-refractivity contribution in [2.24, 2.45) is 0 Å². The highest BCUT2D eigenvalue weighted by Crippen LogP contribution is 2.16. The highest BCUT2D eigenvalue weighted by molar-refractivity contribution is 6.04. The van der Waals surface area contributed by atoms with Crippen LogP contribution in [-0.2, 0) is 0 Å². The van der Waals surface area contributed by atoms with Crippen LogP contribution in [0.15, 0.2) is 42.6 Å². The largest absolute Gasteiger partial charge is 0.384 e. The molecule has 1 aromatic carbocycles. The van der Waals surface area contributed by atoms with Gasteiger partial charge in [-0.3, -0.25) is 4.79 Å². The van der Waals surface area contributed by atoms with Gasteiger partial charge in [0, 0.05) is 19.3 Å². The highest BCUT2D eigenvalue weighted by Gasteiger charge is 2.14. The van der Waals surface area contributed by atoms with Crippen molar-refractivity contribution in [1.29, 1.82) is 0 Å². The van der Waals surface area contributed by atoms with E-state index in [0.717, 1.165) is 17.9 Å². The Balaban J connectivity index is 2.15. The van der Waals surface area contributed by atoms with E-state index in [4.69, 9.17) is 0 Å². The molecule has 1 amide bonds. The van der Waals surface area contributed by atoms with E-state index in [9.17, 15) is 4.79 Å². The van der Waals surface area contributed by atoms with E-state index in [2.05, 4.69) is 10.3 Å². The minimum Gasteiger partial charge on any atom is -0.384 e. The van der Waals surface area contributed by atoms with Crippen LogP contribution < -0.4 is 10.2 Å². The topological polar surface area (TPSA) is 45.2 Å². The first-order chi connectivity index (χ1) is 9.61. The number of benzene rings is 1. The molecule has 4 nitrogen and oxygen atoms in total. The number of aromatic nitrogens is 1. The molecule has 0 bridgehead atoms. The van der Waals surface area contributed by atoms with Gasteiger partial charge in [-0.25, -0.2) is 4.98 Å². The zero-order valence-electron chi connectivity index (χ0n) is 12.1. The Bertz CT molecular complexity index is 576. The second kappa shape index (κ2) is 6.19. The summed E-state index contributed by atoms with van der Waals surface area (Å²) in [4.78, 5) is 18.2. The van der Waals surface area contributed by atoms with Gasteiger partial charge in [-0.2, -0.15) is 0 Å². The third-order valence-electron chi connectivity index (χ3n) is 3.09. The predicted octanol–water partition coefficient (Wildman–Crippen LogP) is 3.10.